The minimum atomic E-state index is 0.481. The molecule has 1 aliphatic rings. The normalized spacial score (nSPS) is 14.9. The fourth-order valence-electron chi connectivity index (χ4n) is 2.59. The molecule has 0 unspecified atom stereocenters. The molecular formula is C21H17N3O2. The summed E-state index contributed by atoms with van der Waals surface area (Å²) in [7, 11) is 0. The van der Waals surface area contributed by atoms with Crippen LogP contribution in [0.3, 0.4) is 0 Å². The van der Waals surface area contributed by atoms with Gasteiger partial charge in [0.1, 0.15) is 30.3 Å². The van der Waals surface area contributed by atoms with E-state index in [1.54, 1.807) is 12.6 Å². The number of benzene rings is 2. The van der Waals surface area contributed by atoms with Gasteiger partial charge in [-0.2, -0.15) is 0 Å². The van der Waals surface area contributed by atoms with Gasteiger partial charge < -0.3 is 14.8 Å². The van der Waals surface area contributed by atoms with Gasteiger partial charge in [-0.3, -0.25) is 0 Å². The van der Waals surface area contributed by atoms with E-state index in [-0.39, 0.29) is 0 Å². The quantitative estimate of drug-likeness (QED) is 0.637. The Morgan fingerprint density at radius 3 is 2.85 bits per heavy atom. The summed E-state index contributed by atoms with van der Waals surface area (Å²) < 4.78 is 11.5. The number of rotatable bonds is 0. The van der Waals surface area contributed by atoms with Crippen LogP contribution in [0.2, 0.25) is 0 Å². The van der Waals surface area contributed by atoms with E-state index in [1.807, 2.05) is 72.8 Å². The molecule has 26 heavy (non-hydrogen) atoms. The Balaban J connectivity index is 1.80. The first-order valence-electron chi connectivity index (χ1n) is 8.29. The van der Waals surface area contributed by atoms with Crippen molar-refractivity contribution in [1.82, 2.24) is 9.97 Å². The third-order valence-electron chi connectivity index (χ3n) is 3.84. The number of fused-ring (bicyclic) bond motifs is 2. The van der Waals surface area contributed by atoms with Crippen molar-refractivity contribution >= 4 is 22.4 Å². The highest BCUT2D eigenvalue weighted by atomic mass is 16.5. The highest BCUT2D eigenvalue weighted by molar-refractivity contribution is 5.92. The van der Waals surface area contributed by atoms with E-state index in [4.69, 9.17) is 9.47 Å². The fraction of sp³-hybridized carbons (Fsp3) is 0.0476. The topological polar surface area (TPSA) is 56.3 Å². The molecule has 5 heteroatoms. The lowest BCUT2D eigenvalue weighted by atomic mass is 10.2. The van der Waals surface area contributed by atoms with E-state index < -0.39 is 0 Å². The lowest BCUT2D eigenvalue weighted by Gasteiger charge is -2.12. The van der Waals surface area contributed by atoms with E-state index in [9.17, 15) is 0 Å². The van der Waals surface area contributed by atoms with Crippen molar-refractivity contribution in [3.05, 3.63) is 85.4 Å². The van der Waals surface area contributed by atoms with Crippen molar-refractivity contribution < 1.29 is 9.47 Å². The molecule has 5 nitrogen and oxygen atoms in total. The zero-order valence-electron chi connectivity index (χ0n) is 14.0. The van der Waals surface area contributed by atoms with Crippen LogP contribution in [0, 0.1) is 0 Å². The summed E-state index contributed by atoms with van der Waals surface area (Å²) in [6, 6.07) is 13.5. The molecule has 3 aromatic rings. The Morgan fingerprint density at radius 1 is 0.923 bits per heavy atom. The summed E-state index contributed by atoms with van der Waals surface area (Å²) in [5, 5.41) is 4.22. The minimum Gasteiger partial charge on any atom is -0.490 e. The van der Waals surface area contributed by atoms with Gasteiger partial charge in [0.2, 0.25) is 0 Å². The van der Waals surface area contributed by atoms with E-state index >= 15 is 0 Å². The molecule has 0 amide bonds. The molecule has 0 spiro atoms. The van der Waals surface area contributed by atoms with Crippen LogP contribution in [0.4, 0.5) is 11.5 Å². The van der Waals surface area contributed by atoms with Crippen LogP contribution in [0.1, 0.15) is 0 Å². The first-order valence-corrected chi connectivity index (χ1v) is 8.29. The van der Waals surface area contributed by atoms with Crippen LogP contribution in [0.15, 0.2) is 85.4 Å². The Labute approximate surface area is 151 Å². The van der Waals surface area contributed by atoms with Gasteiger partial charge in [0, 0.05) is 5.39 Å². The van der Waals surface area contributed by atoms with Crippen molar-refractivity contribution in [2.45, 2.75) is 0 Å². The lowest BCUT2D eigenvalue weighted by molar-refractivity contribution is 0.363. The maximum atomic E-state index is 5.79. The van der Waals surface area contributed by atoms with Gasteiger partial charge >= 0.3 is 0 Å². The molecule has 0 saturated carbocycles. The second-order valence-corrected chi connectivity index (χ2v) is 5.59. The van der Waals surface area contributed by atoms with Crippen molar-refractivity contribution in [1.29, 1.82) is 0 Å². The maximum Gasteiger partial charge on any atom is 0.149 e. The summed E-state index contributed by atoms with van der Waals surface area (Å²) in [5.74, 6) is 2.17. The number of nitrogens with one attached hydrogen (secondary N) is 1. The van der Waals surface area contributed by atoms with Crippen LogP contribution in [0.25, 0.3) is 10.9 Å². The molecule has 2 heterocycles. The van der Waals surface area contributed by atoms with Crippen molar-refractivity contribution in [3.63, 3.8) is 0 Å². The van der Waals surface area contributed by atoms with Crippen LogP contribution < -0.4 is 14.8 Å². The SMILES string of the molecule is C1=C/C=C\Oc2ccccc2Nc2ncnc3ccc(cc23)OCC=C1. The summed E-state index contributed by atoms with van der Waals surface area (Å²) in [6.07, 6.45) is 12.7. The summed E-state index contributed by atoms with van der Waals surface area (Å²) >= 11 is 0. The maximum absolute atomic E-state index is 5.79. The van der Waals surface area contributed by atoms with Gasteiger partial charge in [-0.25, -0.2) is 9.97 Å². The van der Waals surface area contributed by atoms with E-state index in [0.717, 1.165) is 22.3 Å². The molecule has 0 aliphatic carbocycles. The molecule has 1 aliphatic heterocycles. The smallest absolute Gasteiger partial charge is 0.149 e. The predicted octanol–water partition coefficient (Wildman–Crippen LogP) is 4.77. The summed E-state index contributed by atoms with van der Waals surface area (Å²) in [4.78, 5) is 8.73. The van der Waals surface area contributed by atoms with Crippen LogP contribution in [-0.4, -0.2) is 16.6 Å². The van der Waals surface area contributed by atoms with Gasteiger partial charge in [-0.1, -0.05) is 30.4 Å². The average molecular weight is 343 g/mol. The van der Waals surface area contributed by atoms with Crippen molar-refractivity contribution in [3.8, 4) is 11.5 Å². The zero-order valence-corrected chi connectivity index (χ0v) is 14.0. The number of nitrogens with zero attached hydrogens (tertiary/aromatic N) is 2. The number of aromatic nitrogens is 2. The molecule has 2 aromatic carbocycles. The third kappa shape index (κ3) is 3.57. The Bertz CT molecular complexity index is 1010. The highest BCUT2D eigenvalue weighted by Crippen LogP contribution is 2.31. The second-order valence-electron chi connectivity index (χ2n) is 5.59. The largest absolute Gasteiger partial charge is 0.490 e. The molecule has 0 saturated heterocycles. The van der Waals surface area contributed by atoms with Gasteiger partial charge in [0.15, 0.2) is 0 Å². The van der Waals surface area contributed by atoms with Gasteiger partial charge in [0.05, 0.1) is 17.5 Å². The molecule has 0 radical (unpaired) electrons. The fourth-order valence-corrected chi connectivity index (χ4v) is 2.59. The average Bonchev–Trinajstić information content (AvgIpc) is 2.67. The molecule has 2 bridgehead atoms. The molecule has 128 valence electrons. The number of anilines is 2. The zero-order chi connectivity index (χ0) is 17.6. The van der Waals surface area contributed by atoms with E-state index in [0.29, 0.717) is 18.2 Å². The molecule has 1 N–H and O–H groups in total. The van der Waals surface area contributed by atoms with Crippen LogP contribution in [-0.2, 0) is 0 Å². The highest BCUT2D eigenvalue weighted by Gasteiger charge is 2.09. The lowest BCUT2D eigenvalue weighted by Crippen LogP contribution is -1.99. The van der Waals surface area contributed by atoms with E-state index in [1.165, 1.54) is 0 Å². The summed E-state index contributed by atoms with van der Waals surface area (Å²) in [6.45, 7) is 0.481. The van der Waals surface area contributed by atoms with Crippen LogP contribution in [0.5, 0.6) is 11.5 Å². The number of para-hydroxylation sites is 2. The number of allylic oxidation sites excluding steroid dienone is 4. The molecule has 0 atom stereocenters. The third-order valence-corrected chi connectivity index (χ3v) is 3.84. The van der Waals surface area contributed by atoms with E-state index in [2.05, 4.69) is 15.3 Å². The van der Waals surface area contributed by atoms with Gasteiger partial charge in [0.25, 0.3) is 0 Å². The summed E-state index contributed by atoms with van der Waals surface area (Å²) in [5.41, 5.74) is 1.66. The standard InChI is InChI=1S/C21H17N3O2/c1-2-6-12-25-16-10-11-18-17(14-16)21(23-15-22-18)24-19-8-4-5-9-20(19)26-13-7-3-1/h1-11,13-15H,12H2,(H,22,23,24)/b3-1?,6-2?,13-7-. The number of hydrogen-bond acceptors (Lipinski definition) is 5. The molecule has 4 rings (SSSR count). The van der Waals surface area contributed by atoms with Gasteiger partial charge in [-0.15, -0.1) is 0 Å². The van der Waals surface area contributed by atoms with Crippen molar-refractivity contribution in [2.24, 2.45) is 0 Å². The number of hydrogen-bond donors (Lipinski definition) is 1. The van der Waals surface area contributed by atoms with Crippen LogP contribution >= 0.6 is 0 Å². The monoisotopic (exact) mass is 343 g/mol. The molecular weight excluding hydrogens is 326 g/mol. The predicted molar refractivity (Wildman–Crippen MR) is 103 cm³/mol. The minimum absolute atomic E-state index is 0.481. The second kappa shape index (κ2) is 7.53. The molecule has 1 aromatic heterocycles. The number of ether oxygens (including phenoxy) is 2. The molecule has 0 fully saturated rings. The first kappa shape index (κ1) is 15.9. The first-order chi connectivity index (χ1) is 12.9. The Hall–Kier alpha value is -3.60. The Morgan fingerprint density at radius 2 is 1.85 bits per heavy atom. The Kier molecular flexibility index (Phi) is 4.60. The van der Waals surface area contributed by atoms with Gasteiger partial charge in [-0.05, 0) is 42.5 Å². The van der Waals surface area contributed by atoms with Crippen molar-refractivity contribution in [2.75, 3.05) is 11.9 Å².